The van der Waals surface area contributed by atoms with E-state index < -0.39 is 0 Å². The highest BCUT2D eigenvalue weighted by atomic mass is 32.1. The summed E-state index contributed by atoms with van der Waals surface area (Å²) in [5.74, 6) is 0.639. The van der Waals surface area contributed by atoms with Gasteiger partial charge in [-0.05, 0) is 31.0 Å². The molecule has 0 aliphatic heterocycles. The van der Waals surface area contributed by atoms with Crippen LogP contribution in [0.3, 0.4) is 0 Å². The Kier molecular flexibility index (Phi) is 2.79. The van der Waals surface area contributed by atoms with Crippen molar-refractivity contribution >= 4 is 17.4 Å². The van der Waals surface area contributed by atoms with Crippen molar-refractivity contribution in [3.8, 4) is 0 Å². The summed E-state index contributed by atoms with van der Waals surface area (Å²) in [6.45, 7) is 2.20. The van der Waals surface area contributed by atoms with Gasteiger partial charge < -0.3 is 0 Å². The van der Waals surface area contributed by atoms with Crippen molar-refractivity contribution in [1.29, 1.82) is 0 Å². The molecule has 0 aromatic heterocycles. The quantitative estimate of drug-likeness (QED) is 0.320. The molecule has 0 fully saturated rings. The molecule has 10 heavy (non-hydrogen) atoms. The fourth-order valence-electron chi connectivity index (χ4n) is 1.19. The zero-order chi connectivity index (χ0) is 7.40. The number of thiocarbonyl (C=S) groups is 1. The third kappa shape index (κ3) is 1.76. The minimum Gasteiger partial charge on any atom is -0.225 e. The topological polar surface area (TPSA) is 12.4 Å². The van der Waals surface area contributed by atoms with Crippen LogP contribution in [0.5, 0.6) is 0 Å². The van der Waals surface area contributed by atoms with Gasteiger partial charge in [0.2, 0.25) is 0 Å². The van der Waals surface area contributed by atoms with Gasteiger partial charge in [-0.1, -0.05) is 19.1 Å². The molecule has 0 N–H and O–H groups in total. The van der Waals surface area contributed by atoms with Crippen molar-refractivity contribution in [2.75, 3.05) is 0 Å². The number of hydrogen-bond donors (Lipinski definition) is 0. The van der Waals surface area contributed by atoms with Crippen LogP contribution < -0.4 is 0 Å². The number of nitrogens with zero attached hydrogens (tertiary/aromatic N) is 1. The van der Waals surface area contributed by atoms with E-state index in [1.165, 1.54) is 12.8 Å². The number of isothiocyanates is 1. The van der Waals surface area contributed by atoms with Crippen molar-refractivity contribution in [3.05, 3.63) is 12.2 Å². The Bertz CT molecular complexity index is 180. The summed E-state index contributed by atoms with van der Waals surface area (Å²) in [6.07, 6.45) is 6.70. The fourth-order valence-corrected chi connectivity index (χ4v) is 1.31. The minimum atomic E-state index is 0.297. The van der Waals surface area contributed by atoms with E-state index in [0.29, 0.717) is 12.0 Å². The zero-order valence-corrected chi connectivity index (χ0v) is 6.90. The molecule has 0 amide bonds. The smallest absolute Gasteiger partial charge is 0.0808 e. The van der Waals surface area contributed by atoms with Gasteiger partial charge in [0, 0.05) is 0 Å². The third-order valence-electron chi connectivity index (χ3n) is 1.91. The van der Waals surface area contributed by atoms with E-state index in [0.717, 1.165) is 0 Å². The molecule has 1 rings (SSSR count). The van der Waals surface area contributed by atoms with E-state index in [9.17, 15) is 0 Å². The van der Waals surface area contributed by atoms with Crippen LogP contribution in [0.2, 0.25) is 0 Å². The predicted molar refractivity (Wildman–Crippen MR) is 46.4 cm³/mol. The van der Waals surface area contributed by atoms with Gasteiger partial charge in [0.25, 0.3) is 0 Å². The van der Waals surface area contributed by atoms with Crippen molar-refractivity contribution in [2.45, 2.75) is 25.8 Å². The SMILES string of the molecule is CC1CCC=CC1N=C=S. The number of hydrogen-bond acceptors (Lipinski definition) is 2. The Morgan fingerprint density at radius 3 is 3.10 bits per heavy atom. The Labute approximate surface area is 66.9 Å². The van der Waals surface area contributed by atoms with Crippen LogP contribution in [-0.4, -0.2) is 11.2 Å². The van der Waals surface area contributed by atoms with E-state index in [4.69, 9.17) is 0 Å². The van der Waals surface area contributed by atoms with E-state index in [-0.39, 0.29) is 0 Å². The molecule has 54 valence electrons. The van der Waals surface area contributed by atoms with Gasteiger partial charge in [-0.25, -0.2) is 4.99 Å². The van der Waals surface area contributed by atoms with Gasteiger partial charge in [-0.15, -0.1) is 0 Å². The van der Waals surface area contributed by atoms with Gasteiger partial charge in [-0.2, -0.15) is 0 Å². The molecule has 0 aromatic carbocycles. The first-order valence-corrected chi connectivity index (χ1v) is 3.99. The lowest BCUT2D eigenvalue weighted by atomic mass is 9.92. The second-order valence-electron chi connectivity index (χ2n) is 2.69. The highest BCUT2D eigenvalue weighted by molar-refractivity contribution is 7.78. The molecule has 0 aromatic rings. The molecule has 0 heterocycles. The van der Waals surface area contributed by atoms with Crippen LogP contribution in [0.25, 0.3) is 0 Å². The van der Waals surface area contributed by atoms with Crippen molar-refractivity contribution < 1.29 is 0 Å². The van der Waals surface area contributed by atoms with E-state index in [1.807, 2.05) is 0 Å². The molecule has 2 heteroatoms. The minimum absolute atomic E-state index is 0.297. The molecule has 0 saturated carbocycles. The first-order valence-electron chi connectivity index (χ1n) is 3.58. The summed E-state index contributed by atoms with van der Waals surface area (Å²) < 4.78 is 0. The Balaban J connectivity index is 2.63. The van der Waals surface area contributed by atoms with Crippen LogP contribution in [0.4, 0.5) is 0 Å². The van der Waals surface area contributed by atoms with E-state index >= 15 is 0 Å². The highest BCUT2D eigenvalue weighted by Crippen LogP contribution is 2.19. The maximum Gasteiger partial charge on any atom is 0.0808 e. The van der Waals surface area contributed by atoms with Crippen LogP contribution in [0.15, 0.2) is 17.1 Å². The Morgan fingerprint density at radius 1 is 1.70 bits per heavy atom. The van der Waals surface area contributed by atoms with E-state index in [2.05, 4.69) is 41.4 Å². The lowest BCUT2D eigenvalue weighted by Crippen LogP contribution is -2.15. The highest BCUT2D eigenvalue weighted by Gasteiger charge is 2.14. The summed E-state index contributed by atoms with van der Waals surface area (Å²) in [5.41, 5.74) is 0. The lowest BCUT2D eigenvalue weighted by molar-refractivity contribution is 0.469. The number of rotatable bonds is 1. The second-order valence-corrected chi connectivity index (χ2v) is 2.88. The third-order valence-corrected chi connectivity index (χ3v) is 2.01. The van der Waals surface area contributed by atoms with Gasteiger partial charge in [-0.3, -0.25) is 0 Å². The molecule has 1 nitrogen and oxygen atoms in total. The first kappa shape index (κ1) is 7.64. The molecule has 0 saturated heterocycles. The van der Waals surface area contributed by atoms with Gasteiger partial charge in [0.1, 0.15) is 0 Å². The monoisotopic (exact) mass is 153 g/mol. The summed E-state index contributed by atoms with van der Waals surface area (Å²) in [4.78, 5) is 4.04. The zero-order valence-electron chi connectivity index (χ0n) is 6.08. The Morgan fingerprint density at radius 2 is 2.50 bits per heavy atom. The normalized spacial score (nSPS) is 31.3. The van der Waals surface area contributed by atoms with Gasteiger partial charge in [0.15, 0.2) is 0 Å². The summed E-state index contributed by atoms with van der Waals surface area (Å²) in [5, 5.41) is 2.42. The molecule has 0 spiro atoms. The predicted octanol–water partition coefficient (Wildman–Crippen LogP) is 2.44. The van der Waals surface area contributed by atoms with Crippen LogP contribution in [-0.2, 0) is 0 Å². The lowest BCUT2D eigenvalue weighted by Gasteiger charge is -2.18. The standard InChI is InChI=1S/C8H11NS/c1-7-4-2-3-5-8(7)9-6-10/h3,5,7-8H,2,4H2,1H3. The first-order chi connectivity index (χ1) is 4.84. The van der Waals surface area contributed by atoms with Crippen LogP contribution in [0.1, 0.15) is 19.8 Å². The molecule has 0 bridgehead atoms. The number of allylic oxidation sites excluding steroid dienone is 1. The van der Waals surface area contributed by atoms with Gasteiger partial charge >= 0.3 is 0 Å². The molecule has 1 aliphatic carbocycles. The van der Waals surface area contributed by atoms with Gasteiger partial charge in [0.05, 0.1) is 11.2 Å². The molecule has 2 atom stereocenters. The molecule has 0 radical (unpaired) electrons. The summed E-state index contributed by atoms with van der Waals surface area (Å²) in [7, 11) is 0. The molecular formula is C8H11NS. The van der Waals surface area contributed by atoms with Crippen molar-refractivity contribution in [1.82, 2.24) is 0 Å². The average molecular weight is 153 g/mol. The molecule has 1 aliphatic rings. The fraction of sp³-hybridized carbons (Fsp3) is 0.625. The average Bonchev–Trinajstić information content (AvgIpc) is 1.94. The van der Waals surface area contributed by atoms with Crippen LogP contribution >= 0.6 is 12.2 Å². The van der Waals surface area contributed by atoms with Crippen molar-refractivity contribution in [3.63, 3.8) is 0 Å². The van der Waals surface area contributed by atoms with Crippen LogP contribution in [0, 0.1) is 5.92 Å². The molecular weight excluding hydrogens is 142 g/mol. The molecule has 2 unspecified atom stereocenters. The summed E-state index contributed by atoms with van der Waals surface area (Å²) in [6, 6.07) is 0.297. The maximum atomic E-state index is 4.54. The Hall–Kier alpha value is -0.460. The second kappa shape index (κ2) is 3.65. The largest absolute Gasteiger partial charge is 0.225 e. The van der Waals surface area contributed by atoms with E-state index in [1.54, 1.807) is 0 Å². The maximum absolute atomic E-state index is 4.54. The summed E-state index contributed by atoms with van der Waals surface area (Å²) >= 11 is 4.54. The number of aliphatic imine (C=N–C) groups is 1. The van der Waals surface area contributed by atoms with Crippen molar-refractivity contribution in [2.24, 2.45) is 10.9 Å².